The Bertz CT molecular complexity index is 1520. The number of carbonyl (C=O) groups is 1. The van der Waals surface area contributed by atoms with Gasteiger partial charge in [-0.25, -0.2) is 31.0 Å². The van der Waals surface area contributed by atoms with E-state index < -0.39 is 55.2 Å². The highest BCUT2D eigenvalue weighted by atomic mass is 32.2. The minimum Gasteiger partial charge on any atom is -0.495 e. The lowest BCUT2D eigenvalue weighted by atomic mass is 10.0. The second-order valence-electron chi connectivity index (χ2n) is 6.77. The second-order valence-corrected chi connectivity index (χ2v) is 8.42. The quantitative estimate of drug-likeness (QED) is 0.320. The summed E-state index contributed by atoms with van der Waals surface area (Å²) in [4.78, 5) is 18.6. The van der Waals surface area contributed by atoms with E-state index in [9.17, 15) is 26.4 Å². The summed E-state index contributed by atoms with van der Waals surface area (Å²) < 4.78 is 88.7. The maximum Gasteiger partial charge on any atom is 0.265 e. The summed E-state index contributed by atoms with van der Waals surface area (Å²) in [6.45, 7) is 0. The lowest BCUT2D eigenvalue weighted by Crippen LogP contribution is -2.17. The van der Waals surface area contributed by atoms with Crippen molar-refractivity contribution < 1.29 is 35.5 Å². The molecule has 4 rings (SSSR count). The van der Waals surface area contributed by atoms with E-state index in [4.69, 9.17) is 4.74 Å². The highest BCUT2D eigenvalue weighted by Gasteiger charge is 2.27. The molecule has 0 radical (unpaired) electrons. The van der Waals surface area contributed by atoms with Crippen LogP contribution in [-0.2, 0) is 10.0 Å². The van der Waals surface area contributed by atoms with Crippen molar-refractivity contribution in [1.29, 1.82) is 0 Å². The number of aromatic amines is 1. The maximum atomic E-state index is 15.1. The third-order valence-corrected chi connectivity index (χ3v) is 6.11. The van der Waals surface area contributed by atoms with Crippen LogP contribution in [0.3, 0.4) is 0 Å². The molecule has 0 spiro atoms. The molecule has 12 heteroatoms. The molecule has 7 nitrogen and oxygen atoms in total. The van der Waals surface area contributed by atoms with E-state index >= 15 is 4.39 Å². The van der Waals surface area contributed by atoms with Gasteiger partial charge in [0.05, 0.1) is 24.6 Å². The number of sulfonamides is 1. The van der Waals surface area contributed by atoms with E-state index in [0.717, 1.165) is 6.07 Å². The van der Waals surface area contributed by atoms with Gasteiger partial charge in [-0.1, -0.05) is 0 Å². The number of ketones is 1. The zero-order chi connectivity index (χ0) is 23.9. The number of pyridine rings is 1. The van der Waals surface area contributed by atoms with Gasteiger partial charge in [-0.05, 0) is 36.4 Å². The fourth-order valence-electron chi connectivity index (χ4n) is 3.14. The molecule has 0 aliphatic heterocycles. The first-order valence-corrected chi connectivity index (χ1v) is 10.6. The fraction of sp³-hybridized carbons (Fsp3) is 0.0476. The van der Waals surface area contributed by atoms with E-state index in [1.165, 1.54) is 25.6 Å². The molecule has 2 aromatic carbocycles. The number of nitrogens with zero attached hydrogens (tertiary/aromatic N) is 1. The molecule has 2 aromatic heterocycles. The van der Waals surface area contributed by atoms with Crippen molar-refractivity contribution in [3.8, 4) is 5.75 Å². The first kappa shape index (κ1) is 22.3. The van der Waals surface area contributed by atoms with Crippen LogP contribution in [0, 0.1) is 23.3 Å². The Hall–Kier alpha value is -3.93. The number of H-pyrrole nitrogens is 1. The number of ether oxygens (including phenoxy) is 1. The van der Waals surface area contributed by atoms with Gasteiger partial charge >= 0.3 is 0 Å². The average molecular weight is 479 g/mol. The van der Waals surface area contributed by atoms with E-state index in [0.29, 0.717) is 24.3 Å². The van der Waals surface area contributed by atoms with Gasteiger partial charge in [0.1, 0.15) is 33.7 Å². The van der Waals surface area contributed by atoms with Crippen molar-refractivity contribution in [3.63, 3.8) is 0 Å². The van der Waals surface area contributed by atoms with Crippen molar-refractivity contribution >= 4 is 32.5 Å². The van der Waals surface area contributed by atoms with E-state index in [2.05, 4.69) is 9.97 Å². The zero-order valence-electron chi connectivity index (χ0n) is 16.6. The van der Waals surface area contributed by atoms with Crippen LogP contribution in [0.4, 0.5) is 23.2 Å². The molecule has 0 atom stereocenters. The van der Waals surface area contributed by atoms with Crippen LogP contribution >= 0.6 is 0 Å². The van der Waals surface area contributed by atoms with Crippen molar-refractivity contribution in [2.45, 2.75) is 4.90 Å². The van der Waals surface area contributed by atoms with Gasteiger partial charge in [0, 0.05) is 17.1 Å². The van der Waals surface area contributed by atoms with Crippen LogP contribution in [-0.4, -0.2) is 31.3 Å². The Balaban J connectivity index is 1.78. The van der Waals surface area contributed by atoms with E-state index in [1.807, 2.05) is 0 Å². The minimum absolute atomic E-state index is 0.148. The molecular weight excluding hydrogens is 466 g/mol. The number of methoxy groups -OCH3 is 1. The number of fused-ring (bicyclic) bond motifs is 1. The lowest BCUT2D eigenvalue weighted by Gasteiger charge is -2.12. The normalized spacial score (nSPS) is 11.5. The number of benzene rings is 2. The molecule has 0 aliphatic carbocycles. The molecule has 0 unspecified atom stereocenters. The summed E-state index contributed by atoms with van der Waals surface area (Å²) in [7, 11) is -3.44. The smallest absolute Gasteiger partial charge is 0.265 e. The Kier molecular flexibility index (Phi) is 5.54. The van der Waals surface area contributed by atoms with Crippen LogP contribution < -0.4 is 9.46 Å². The van der Waals surface area contributed by atoms with Crippen molar-refractivity contribution in [1.82, 2.24) is 9.97 Å². The third kappa shape index (κ3) is 4.00. The van der Waals surface area contributed by atoms with Gasteiger partial charge in [0.25, 0.3) is 10.0 Å². The predicted octanol–water partition coefficient (Wildman–Crippen LogP) is 4.16. The Morgan fingerprint density at radius 1 is 1.06 bits per heavy atom. The molecular formula is C21H13F4N3O4S. The van der Waals surface area contributed by atoms with Gasteiger partial charge in [-0.15, -0.1) is 0 Å². The average Bonchev–Trinajstić information content (AvgIpc) is 3.20. The molecule has 4 aromatic rings. The second kappa shape index (κ2) is 8.20. The van der Waals surface area contributed by atoms with Gasteiger partial charge in [-0.2, -0.15) is 0 Å². The molecule has 170 valence electrons. The number of anilines is 1. The highest BCUT2D eigenvalue weighted by Crippen LogP contribution is 2.29. The van der Waals surface area contributed by atoms with Crippen LogP contribution in [0.15, 0.2) is 53.7 Å². The van der Waals surface area contributed by atoms with E-state index in [-0.39, 0.29) is 22.3 Å². The molecule has 0 saturated heterocycles. The number of hydrogen-bond donors (Lipinski definition) is 2. The van der Waals surface area contributed by atoms with Gasteiger partial charge < -0.3 is 9.72 Å². The number of carbonyl (C=O) groups excluding carboxylic acids is 1. The number of halogens is 4. The largest absolute Gasteiger partial charge is 0.495 e. The summed E-state index contributed by atoms with van der Waals surface area (Å²) in [5.41, 5.74) is -1.79. The number of rotatable bonds is 6. The fourth-order valence-corrected chi connectivity index (χ4v) is 4.29. The van der Waals surface area contributed by atoms with E-state index in [1.54, 1.807) is 4.72 Å². The summed E-state index contributed by atoms with van der Waals surface area (Å²) in [6, 6.07) is 4.51. The van der Waals surface area contributed by atoms with Crippen molar-refractivity contribution in [3.05, 3.63) is 83.2 Å². The highest BCUT2D eigenvalue weighted by molar-refractivity contribution is 7.92. The molecule has 0 fully saturated rings. The topological polar surface area (TPSA) is 101 Å². The number of nitrogens with one attached hydrogen (secondary N) is 2. The number of hydrogen-bond acceptors (Lipinski definition) is 5. The minimum atomic E-state index is -4.81. The Labute approximate surface area is 184 Å². The molecule has 33 heavy (non-hydrogen) atoms. The molecule has 2 N–H and O–H groups in total. The maximum absolute atomic E-state index is 15.1. The van der Waals surface area contributed by atoms with Gasteiger partial charge in [0.2, 0.25) is 5.78 Å². The first-order valence-electron chi connectivity index (χ1n) is 9.14. The number of aromatic nitrogens is 2. The summed E-state index contributed by atoms with van der Waals surface area (Å²) >= 11 is 0. The monoisotopic (exact) mass is 479 g/mol. The summed E-state index contributed by atoms with van der Waals surface area (Å²) in [5, 5.41) is 0.214. The van der Waals surface area contributed by atoms with Crippen LogP contribution in [0.25, 0.3) is 11.0 Å². The molecule has 0 bridgehead atoms. The standard InChI is InChI=1S/C21H13F4N3O4S/c1-32-11-7-12-13(9-27-21(12)26-8-11)20(29)18-15(24)4-5-16(19(18)25)28-33(30,31)17-6-10(22)2-3-14(17)23/h2-9,28H,1H3,(H,26,27). The zero-order valence-corrected chi connectivity index (χ0v) is 17.4. The van der Waals surface area contributed by atoms with Gasteiger partial charge in [-0.3, -0.25) is 9.52 Å². The van der Waals surface area contributed by atoms with Crippen LogP contribution in [0.2, 0.25) is 0 Å². The van der Waals surface area contributed by atoms with Crippen LogP contribution in [0.5, 0.6) is 5.75 Å². The van der Waals surface area contributed by atoms with Crippen LogP contribution in [0.1, 0.15) is 15.9 Å². The molecule has 2 heterocycles. The third-order valence-electron chi connectivity index (χ3n) is 4.73. The molecule has 0 saturated carbocycles. The van der Waals surface area contributed by atoms with Crippen molar-refractivity contribution in [2.75, 3.05) is 11.8 Å². The molecule has 0 aliphatic rings. The Morgan fingerprint density at radius 2 is 1.79 bits per heavy atom. The Morgan fingerprint density at radius 3 is 2.52 bits per heavy atom. The first-order chi connectivity index (χ1) is 15.6. The van der Waals surface area contributed by atoms with Gasteiger partial charge in [0.15, 0.2) is 5.82 Å². The van der Waals surface area contributed by atoms with Crippen molar-refractivity contribution in [2.24, 2.45) is 0 Å². The lowest BCUT2D eigenvalue weighted by molar-refractivity contribution is 0.103. The summed E-state index contributed by atoms with van der Waals surface area (Å²) in [5.74, 6) is -5.95. The predicted molar refractivity (Wildman–Crippen MR) is 110 cm³/mol. The SMILES string of the molecule is COc1cnc2[nH]cc(C(=O)c3c(F)ccc(NS(=O)(=O)c4cc(F)ccc4F)c3F)c2c1. The molecule has 0 amide bonds. The summed E-state index contributed by atoms with van der Waals surface area (Å²) in [6.07, 6.45) is 2.56.